The Morgan fingerprint density at radius 3 is 2.31 bits per heavy atom. The number of nitrogens with one attached hydrogen (secondary N) is 1. The van der Waals surface area contributed by atoms with E-state index in [0.29, 0.717) is 5.92 Å². The lowest BCUT2D eigenvalue weighted by Crippen LogP contribution is -2.24. The summed E-state index contributed by atoms with van der Waals surface area (Å²) in [7, 11) is 0. The highest BCUT2D eigenvalue weighted by Crippen LogP contribution is 2.15. The smallest absolute Gasteiger partial charge is 0.119 e. The van der Waals surface area contributed by atoms with Gasteiger partial charge in [0.2, 0.25) is 0 Å². The van der Waals surface area contributed by atoms with E-state index in [1.807, 2.05) is 0 Å². The van der Waals surface area contributed by atoms with E-state index in [0.717, 1.165) is 25.4 Å². The van der Waals surface area contributed by atoms with Crippen molar-refractivity contribution >= 4 is 0 Å². The Bertz CT molecular complexity index is 300. The van der Waals surface area contributed by atoms with E-state index in [2.05, 4.69) is 51.2 Å². The molecular weight excluding hydrogens is 198 g/mol. The van der Waals surface area contributed by atoms with Crippen molar-refractivity contribution in [1.82, 2.24) is 5.32 Å². The molecule has 0 aromatic heterocycles. The summed E-state index contributed by atoms with van der Waals surface area (Å²) in [6.07, 6.45) is 0. The maximum Gasteiger partial charge on any atom is 0.119 e. The second kappa shape index (κ2) is 6.54. The highest BCUT2D eigenvalue weighted by molar-refractivity contribution is 5.32. The third kappa shape index (κ3) is 5.17. The molecule has 0 unspecified atom stereocenters. The molecule has 0 bridgehead atoms. The lowest BCUT2D eigenvalue weighted by molar-refractivity contribution is 0.310. The molecule has 1 aromatic carbocycles. The van der Waals surface area contributed by atoms with Gasteiger partial charge in [0.05, 0.1) is 0 Å². The Morgan fingerprint density at radius 1 is 1.12 bits per heavy atom. The first-order valence-electron chi connectivity index (χ1n) is 5.99. The quantitative estimate of drug-likeness (QED) is 0.746. The monoisotopic (exact) mass is 221 g/mol. The summed E-state index contributed by atoms with van der Waals surface area (Å²) in [5.74, 6) is 1.67. The molecule has 1 rings (SSSR count). The van der Waals surface area contributed by atoms with Gasteiger partial charge in [-0.3, -0.25) is 0 Å². The second-order valence-corrected chi connectivity index (χ2v) is 4.77. The van der Waals surface area contributed by atoms with Crippen molar-refractivity contribution in [2.45, 2.75) is 27.7 Å². The summed E-state index contributed by atoms with van der Waals surface area (Å²) >= 11 is 0. The Kier molecular flexibility index (Phi) is 5.33. The molecule has 0 aliphatic rings. The lowest BCUT2D eigenvalue weighted by atomic mass is 10.1. The molecule has 0 radical (unpaired) electrons. The molecule has 0 aliphatic heterocycles. The van der Waals surface area contributed by atoms with Gasteiger partial charge in [0.25, 0.3) is 0 Å². The van der Waals surface area contributed by atoms with Crippen LogP contribution in [0.5, 0.6) is 5.75 Å². The summed E-state index contributed by atoms with van der Waals surface area (Å²) in [6, 6.07) is 6.31. The van der Waals surface area contributed by atoms with Crippen LogP contribution in [0.2, 0.25) is 0 Å². The maximum absolute atomic E-state index is 5.69. The molecule has 0 heterocycles. The molecule has 1 N–H and O–H groups in total. The van der Waals surface area contributed by atoms with Gasteiger partial charge in [0.15, 0.2) is 0 Å². The van der Waals surface area contributed by atoms with E-state index in [9.17, 15) is 0 Å². The third-order valence-electron chi connectivity index (χ3n) is 2.30. The predicted octanol–water partition coefficient (Wildman–Crippen LogP) is 2.93. The minimum atomic E-state index is 0.696. The number of ether oxygens (including phenoxy) is 1. The largest absolute Gasteiger partial charge is 0.492 e. The highest BCUT2D eigenvalue weighted by Gasteiger charge is 1.97. The van der Waals surface area contributed by atoms with Crippen LogP contribution in [0.4, 0.5) is 0 Å². The molecule has 16 heavy (non-hydrogen) atoms. The Labute approximate surface area is 99.0 Å². The molecule has 2 heteroatoms. The van der Waals surface area contributed by atoms with Crippen LogP contribution in [0.15, 0.2) is 18.2 Å². The summed E-state index contributed by atoms with van der Waals surface area (Å²) in [6.45, 7) is 11.3. The average Bonchev–Trinajstić information content (AvgIpc) is 2.15. The Hall–Kier alpha value is -1.02. The second-order valence-electron chi connectivity index (χ2n) is 4.77. The van der Waals surface area contributed by atoms with Gasteiger partial charge in [0.1, 0.15) is 12.4 Å². The Morgan fingerprint density at radius 2 is 1.75 bits per heavy atom. The van der Waals surface area contributed by atoms with E-state index in [4.69, 9.17) is 4.74 Å². The van der Waals surface area contributed by atoms with Crippen LogP contribution >= 0.6 is 0 Å². The molecule has 0 spiro atoms. The zero-order valence-corrected chi connectivity index (χ0v) is 10.8. The molecule has 0 saturated heterocycles. The van der Waals surface area contributed by atoms with E-state index >= 15 is 0 Å². The van der Waals surface area contributed by atoms with E-state index in [1.54, 1.807) is 0 Å². The number of benzene rings is 1. The van der Waals surface area contributed by atoms with Crippen molar-refractivity contribution in [3.8, 4) is 5.75 Å². The first-order valence-corrected chi connectivity index (χ1v) is 5.99. The van der Waals surface area contributed by atoms with Crippen molar-refractivity contribution in [2.75, 3.05) is 19.7 Å². The van der Waals surface area contributed by atoms with Gasteiger partial charge in [-0.2, -0.15) is 0 Å². The SMILES string of the molecule is Cc1cc(C)cc(OCCNCC(C)C)c1. The van der Waals surface area contributed by atoms with Crippen LogP contribution in [-0.2, 0) is 0 Å². The van der Waals surface area contributed by atoms with Crippen molar-refractivity contribution in [2.24, 2.45) is 5.92 Å². The van der Waals surface area contributed by atoms with Gasteiger partial charge < -0.3 is 10.1 Å². The number of rotatable bonds is 6. The van der Waals surface area contributed by atoms with Gasteiger partial charge >= 0.3 is 0 Å². The lowest BCUT2D eigenvalue weighted by Gasteiger charge is -2.10. The molecule has 0 atom stereocenters. The fourth-order valence-electron chi connectivity index (χ4n) is 1.65. The van der Waals surface area contributed by atoms with E-state index in [1.165, 1.54) is 11.1 Å². The third-order valence-corrected chi connectivity index (χ3v) is 2.30. The van der Waals surface area contributed by atoms with Crippen LogP contribution in [0.3, 0.4) is 0 Å². The van der Waals surface area contributed by atoms with Crippen molar-refractivity contribution in [3.63, 3.8) is 0 Å². The zero-order valence-electron chi connectivity index (χ0n) is 10.8. The van der Waals surface area contributed by atoms with E-state index in [-0.39, 0.29) is 0 Å². The fourth-order valence-corrected chi connectivity index (χ4v) is 1.65. The molecule has 1 aromatic rings. The molecule has 2 nitrogen and oxygen atoms in total. The van der Waals surface area contributed by atoms with E-state index < -0.39 is 0 Å². The van der Waals surface area contributed by atoms with Crippen LogP contribution < -0.4 is 10.1 Å². The first kappa shape index (κ1) is 13.0. The van der Waals surface area contributed by atoms with Crippen molar-refractivity contribution in [3.05, 3.63) is 29.3 Å². The van der Waals surface area contributed by atoms with Crippen molar-refractivity contribution in [1.29, 1.82) is 0 Å². The standard InChI is InChI=1S/C14H23NO/c1-11(2)10-15-5-6-16-14-8-12(3)7-13(4)9-14/h7-9,11,15H,5-6,10H2,1-4H3. The number of hydrogen-bond acceptors (Lipinski definition) is 2. The first-order chi connectivity index (χ1) is 7.58. The highest BCUT2D eigenvalue weighted by atomic mass is 16.5. The van der Waals surface area contributed by atoms with Crippen molar-refractivity contribution < 1.29 is 4.74 Å². The molecule has 0 saturated carbocycles. The molecule has 90 valence electrons. The molecule has 0 fully saturated rings. The molecule has 0 amide bonds. The van der Waals surface area contributed by atoms with Gasteiger partial charge in [-0.05, 0) is 49.6 Å². The van der Waals surface area contributed by atoms with Gasteiger partial charge in [-0.1, -0.05) is 19.9 Å². The average molecular weight is 221 g/mol. The topological polar surface area (TPSA) is 21.3 Å². The maximum atomic E-state index is 5.69. The number of hydrogen-bond donors (Lipinski definition) is 1. The minimum Gasteiger partial charge on any atom is -0.492 e. The van der Waals surface area contributed by atoms with Gasteiger partial charge in [0, 0.05) is 6.54 Å². The summed E-state index contributed by atoms with van der Waals surface area (Å²) in [5.41, 5.74) is 2.51. The molecular formula is C14H23NO. The Balaban J connectivity index is 2.26. The van der Waals surface area contributed by atoms with Crippen LogP contribution in [0.1, 0.15) is 25.0 Å². The summed E-state index contributed by atoms with van der Waals surface area (Å²) < 4.78 is 5.69. The van der Waals surface area contributed by atoms with Crippen LogP contribution in [0.25, 0.3) is 0 Å². The van der Waals surface area contributed by atoms with Gasteiger partial charge in [-0.15, -0.1) is 0 Å². The van der Waals surface area contributed by atoms with Crippen LogP contribution in [0, 0.1) is 19.8 Å². The predicted molar refractivity (Wildman–Crippen MR) is 69.1 cm³/mol. The fraction of sp³-hybridized carbons (Fsp3) is 0.571. The summed E-state index contributed by atoms with van der Waals surface area (Å²) in [4.78, 5) is 0. The molecule has 0 aliphatic carbocycles. The zero-order chi connectivity index (χ0) is 12.0. The normalized spacial score (nSPS) is 10.8. The van der Waals surface area contributed by atoms with Crippen LogP contribution in [-0.4, -0.2) is 19.7 Å². The summed E-state index contributed by atoms with van der Waals surface area (Å²) in [5, 5.41) is 3.36. The number of aryl methyl sites for hydroxylation is 2. The minimum absolute atomic E-state index is 0.696. The van der Waals surface area contributed by atoms with Gasteiger partial charge in [-0.25, -0.2) is 0 Å².